The van der Waals surface area contributed by atoms with E-state index in [1.165, 1.54) is 37.4 Å². The zero-order chi connectivity index (χ0) is 23.3. The molecule has 178 valence electrons. The van der Waals surface area contributed by atoms with Crippen LogP contribution in [0, 0.1) is 0 Å². The van der Waals surface area contributed by atoms with Gasteiger partial charge in [0.15, 0.2) is 16.7 Å². The van der Waals surface area contributed by atoms with E-state index in [-0.39, 0.29) is 11.2 Å². The van der Waals surface area contributed by atoms with Gasteiger partial charge in [-0.2, -0.15) is 0 Å². The molecule has 1 atom stereocenters. The number of ether oxygens (including phenoxy) is 2. The van der Waals surface area contributed by atoms with Gasteiger partial charge in [0.1, 0.15) is 5.82 Å². The lowest BCUT2D eigenvalue weighted by Gasteiger charge is -2.13. The summed E-state index contributed by atoms with van der Waals surface area (Å²) >= 11 is 1.47. The summed E-state index contributed by atoms with van der Waals surface area (Å²) in [6.45, 7) is 7.61. The fourth-order valence-corrected chi connectivity index (χ4v) is 4.47. The molecule has 32 heavy (non-hydrogen) atoms. The molecular weight excluding hydrogens is 424 g/mol. The van der Waals surface area contributed by atoms with Gasteiger partial charge in [0.05, 0.1) is 19.5 Å². The number of hydrogen-bond acceptors (Lipinski definition) is 6. The first kappa shape index (κ1) is 26.0. The molecule has 1 amide bonds. The molecule has 0 spiro atoms. The largest absolute Gasteiger partial charge is 0.493 e. The molecule has 0 aliphatic heterocycles. The molecule has 2 aromatic rings. The first-order valence-electron chi connectivity index (χ1n) is 11.6. The van der Waals surface area contributed by atoms with Crippen molar-refractivity contribution in [3.8, 4) is 11.5 Å². The number of carbonyl (C=O) groups is 1. The summed E-state index contributed by atoms with van der Waals surface area (Å²) < 4.78 is 12.7. The minimum Gasteiger partial charge on any atom is -0.493 e. The van der Waals surface area contributed by atoms with Crippen LogP contribution in [0.15, 0.2) is 23.4 Å². The number of aryl methyl sites for hydroxylation is 1. The van der Waals surface area contributed by atoms with Crippen LogP contribution >= 0.6 is 11.8 Å². The first-order chi connectivity index (χ1) is 15.5. The number of carbonyl (C=O) groups excluding carboxylic acids is 1. The van der Waals surface area contributed by atoms with Crippen molar-refractivity contribution in [1.29, 1.82) is 0 Å². The van der Waals surface area contributed by atoms with Crippen LogP contribution in [-0.4, -0.2) is 46.7 Å². The van der Waals surface area contributed by atoms with E-state index >= 15 is 0 Å². The Balaban J connectivity index is 1.83. The van der Waals surface area contributed by atoms with Crippen LogP contribution in [0.25, 0.3) is 0 Å². The molecule has 0 radical (unpaired) electrons. The third-order valence-corrected chi connectivity index (χ3v) is 6.51. The Morgan fingerprint density at radius 3 is 2.50 bits per heavy atom. The van der Waals surface area contributed by atoms with E-state index in [9.17, 15) is 4.79 Å². The Kier molecular flexibility index (Phi) is 11.4. The van der Waals surface area contributed by atoms with Crippen molar-refractivity contribution in [3.63, 3.8) is 0 Å². The molecule has 0 aliphatic rings. The Hall–Kier alpha value is -2.22. The highest BCUT2D eigenvalue weighted by Crippen LogP contribution is 2.27. The Bertz CT molecular complexity index is 841. The smallest absolute Gasteiger partial charge is 0.233 e. The van der Waals surface area contributed by atoms with Gasteiger partial charge in [-0.25, -0.2) is 0 Å². The van der Waals surface area contributed by atoms with Crippen molar-refractivity contribution in [2.24, 2.45) is 0 Å². The van der Waals surface area contributed by atoms with Gasteiger partial charge in [-0.15, -0.1) is 10.2 Å². The lowest BCUT2D eigenvalue weighted by atomic mass is 10.1. The number of methoxy groups -OCH3 is 2. The van der Waals surface area contributed by atoms with Crippen molar-refractivity contribution in [2.75, 3.05) is 20.8 Å². The highest BCUT2D eigenvalue weighted by molar-refractivity contribution is 8.00. The Morgan fingerprint density at radius 1 is 1.06 bits per heavy atom. The number of nitrogens with one attached hydrogen (secondary N) is 1. The maximum atomic E-state index is 12.6. The van der Waals surface area contributed by atoms with Gasteiger partial charge in [-0.05, 0) is 44.4 Å². The molecule has 8 heteroatoms. The van der Waals surface area contributed by atoms with E-state index in [1.807, 2.05) is 25.1 Å². The maximum absolute atomic E-state index is 12.6. The van der Waals surface area contributed by atoms with Crippen LogP contribution in [0.5, 0.6) is 11.5 Å². The summed E-state index contributed by atoms with van der Waals surface area (Å²) in [5.74, 6) is 2.42. The average Bonchev–Trinajstić information content (AvgIpc) is 3.19. The Morgan fingerprint density at radius 2 is 1.81 bits per heavy atom. The standard InChI is InChI=1S/C24H38N4O3S/c1-6-8-9-10-11-12-22-26-27-24(28(22)7-2)32-18(3)23(29)25-16-15-19-13-14-20(30-4)21(17-19)31-5/h13-14,17-18H,6-12,15-16H2,1-5H3,(H,25,29)/t18-/m1/s1. The summed E-state index contributed by atoms with van der Waals surface area (Å²) in [5, 5.41) is 12.3. The molecule has 1 heterocycles. The number of nitrogens with zero attached hydrogens (tertiary/aromatic N) is 3. The van der Waals surface area contributed by atoms with Gasteiger partial charge in [-0.1, -0.05) is 50.4 Å². The summed E-state index contributed by atoms with van der Waals surface area (Å²) in [4.78, 5) is 12.6. The van der Waals surface area contributed by atoms with E-state index in [2.05, 4.69) is 33.9 Å². The molecule has 0 saturated carbocycles. The van der Waals surface area contributed by atoms with Crippen LogP contribution in [-0.2, 0) is 24.2 Å². The van der Waals surface area contributed by atoms with Gasteiger partial charge in [0.25, 0.3) is 0 Å². The number of benzene rings is 1. The van der Waals surface area contributed by atoms with Gasteiger partial charge < -0.3 is 19.4 Å². The van der Waals surface area contributed by atoms with Crippen molar-refractivity contribution in [3.05, 3.63) is 29.6 Å². The molecule has 0 fully saturated rings. The van der Waals surface area contributed by atoms with Crippen LogP contribution in [0.1, 0.15) is 64.3 Å². The second-order valence-corrected chi connectivity index (χ2v) is 9.11. The number of rotatable bonds is 15. The van der Waals surface area contributed by atoms with E-state index in [0.717, 1.165) is 42.4 Å². The van der Waals surface area contributed by atoms with Crippen LogP contribution in [0.3, 0.4) is 0 Å². The lowest BCUT2D eigenvalue weighted by Crippen LogP contribution is -2.32. The topological polar surface area (TPSA) is 78.3 Å². The average molecular weight is 463 g/mol. The van der Waals surface area contributed by atoms with Crippen LogP contribution in [0.4, 0.5) is 0 Å². The quantitative estimate of drug-likeness (QED) is 0.306. The predicted octanol–water partition coefficient (Wildman–Crippen LogP) is 4.67. The first-order valence-corrected chi connectivity index (χ1v) is 12.5. The molecule has 0 aliphatic carbocycles. The minimum atomic E-state index is -0.243. The number of thioether (sulfide) groups is 1. The zero-order valence-corrected chi connectivity index (χ0v) is 21.0. The minimum absolute atomic E-state index is 0.00208. The number of hydrogen-bond donors (Lipinski definition) is 1. The third kappa shape index (κ3) is 7.73. The second-order valence-electron chi connectivity index (χ2n) is 7.80. The zero-order valence-electron chi connectivity index (χ0n) is 20.1. The number of unbranched alkanes of at least 4 members (excludes halogenated alkanes) is 4. The van der Waals surface area contributed by atoms with Crippen LogP contribution in [0.2, 0.25) is 0 Å². The summed E-state index contributed by atoms with van der Waals surface area (Å²) in [6, 6.07) is 5.81. The normalized spacial score (nSPS) is 11.9. The van der Waals surface area contributed by atoms with Crippen molar-refractivity contribution in [2.45, 2.75) is 82.7 Å². The molecule has 0 bridgehead atoms. The lowest BCUT2D eigenvalue weighted by molar-refractivity contribution is -0.120. The van der Waals surface area contributed by atoms with Crippen molar-refractivity contribution in [1.82, 2.24) is 20.1 Å². The number of amides is 1. The molecule has 1 aromatic carbocycles. The molecule has 1 aromatic heterocycles. The van der Waals surface area contributed by atoms with E-state index < -0.39 is 0 Å². The van der Waals surface area contributed by atoms with Gasteiger partial charge in [0, 0.05) is 19.5 Å². The van der Waals surface area contributed by atoms with E-state index in [1.54, 1.807) is 14.2 Å². The maximum Gasteiger partial charge on any atom is 0.233 e. The highest BCUT2D eigenvalue weighted by atomic mass is 32.2. The van der Waals surface area contributed by atoms with Gasteiger partial charge in [0.2, 0.25) is 5.91 Å². The summed E-state index contributed by atoms with van der Waals surface area (Å²) in [7, 11) is 3.24. The van der Waals surface area contributed by atoms with Crippen molar-refractivity contribution >= 4 is 17.7 Å². The molecule has 0 unspecified atom stereocenters. The monoisotopic (exact) mass is 462 g/mol. The Labute approximate surface area is 196 Å². The molecular formula is C24H38N4O3S. The van der Waals surface area contributed by atoms with Gasteiger partial charge >= 0.3 is 0 Å². The molecule has 1 N–H and O–H groups in total. The molecule has 2 rings (SSSR count). The van der Waals surface area contributed by atoms with Crippen LogP contribution < -0.4 is 14.8 Å². The second kappa shape index (κ2) is 14.0. The number of aromatic nitrogens is 3. The fourth-order valence-electron chi connectivity index (χ4n) is 3.52. The SMILES string of the molecule is CCCCCCCc1nnc(S[C@H](C)C(=O)NCCc2ccc(OC)c(OC)c2)n1CC. The van der Waals surface area contributed by atoms with E-state index in [4.69, 9.17) is 9.47 Å². The molecule has 7 nitrogen and oxygen atoms in total. The third-order valence-electron chi connectivity index (χ3n) is 5.43. The van der Waals surface area contributed by atoms with E-state index in [0.29, 0.717) is 18.0 Å². The molecule has 0 saturated heterocycles. The highest BCUT2D eigenvalue weighted by Gasteiger charge is 2.19. The fraction of sp³-hybridized carbons (Fsp3) is 0.625. The predicted molar refractivity (Wildman–Crippen MR) is 130 cm³/mol. The van der Waals surface area contributed by atoms with Crippen molar-refractivity contribution < 1.29 is 14.3 Å². The summed E-state index contributed by atoms with van der Waals surface area (Å²) in [6.07, 6.45) is 7.84. The summed E-state index contributed by atoms with van der Waals surface area (Å²) in [5.41, 5.74) is 1.08. The van der Waals surface area contributed by atoms with Gasteiger partial charge in [-0.3, -0.25) is 4.79 Å².